The number of allylic oxidation sites excluding steroid dienone is 1. The third kappa shape index (κ3) is 3.44. The minimum atomic E-state index is -1.24. The van der Waals surface area contributed by atoms with Crippen molar-refractivity contribution in [2.75, 3.05) is 30.5 Å². The van der Waals surface area contributed by atoms with Gasteiger partial charge in [0.05, 0.1) is 24.0 Å². The number of nitrogens with two attached hydrogens (primary N) is 1. The first-order valence-electron chi connectivity index (χ1n) is 11.6. The Balaban J connectivity index is 1.50. The van der Waals surface area contributed by atoms with Crippen LogP contribution in [0.25, 0.3) is 6.08 Å². The highest BCUT2D eigenvalue weighted by Gasteiger charge is 2.61. The van der Waals surface area contributed by atoms with Crippen LogP contribution in [0, 0.1) is 0 Å². The monoisotopic (exact) mass is 471 g/mol. The number of piperidine rings is 1. The number of carbonyl (C=O) groups is 1. The van der Waals surface area contributed by atoms with Gasteiger partial charge in [-0.2, -0.15) is 0 Å². The van der Waals surface area contributed by atoms with Gasteiger partial charge in [-0.25, -0.2) is 0 Å². The predicted octanol–water partition coefficient (Wildman–Crippen LogP) is 4.12. The molecule has 2 N–H and O–H groups in total. The summed E-state index contributed by atoms with van der Waals surface area (Å²) in [5, 5.41) is 4.44. The van der Waals surface area contributed by atoms with Crippen molar-refractivity contribution in [3.05, 3.63) is 83.8 Å². The van der Waals surface area contributed by atoms with Crippen LogP contribution in [-0.2, 0) is 15.4 Å². The summed E-state index contributed by atoms with van der Waals surface area (Å²) < 4.78 is 5.66. The zero-order valence-electron chi connectivity index (χ0n) is 20.2. The number of hydrogen-bond donors (Lipinski definition) is 1. The molecule has 1 saturated heterocycles. The highest BCUT2D eigenvalue weighted by atomic mass is 16.7. The lowest BCUT2D eigenvalue weighted by Gasteiger charge is -2.36. The van der Waals surface area contributed by atoms with Crippen molar-refractivity contribution in [2.24, 2.45) is 10.9 Å². The smallest absolute Gasteiger partial charge is 0.318 e. The third-order valence-corrected chi connectivity index (χ3v) is 6.60. The number of fused-ring (bicyclic) bond motifs is 4. The minimum Gasteiger partial charge on any atom is -0.495 e. The fraction of sp³-hybridized carbons (Fsp3) is 0.259. The van der Waals surface area contributed by atoms with Gasteiger partial charge in [-0.3, -0.25) is 4.79 Å². The number of para-hydroxylation sites is 1. The van der Waals surface area contributed by atoms with E-state index in [1.807, 2.05) is 59.2 Å². The summed E-state index contributed by atoms with van der Waals surface area (Å²) in [5.41, 5.74) is 9.75. The Morgan fingerprint density at radius 2 is 2.11 bits per heavy atom. The van der Waals surface area contributed by atoms with Gasteiger partial charge in [0, 0.05) is 31.7 Å². The van der Waals surface area contributed by atoms with E-state index in [4.69, 9.17) is 15.3 Å². The maximum atomic E-state index is 13.4. The van der Waals surface area contributed by atoms with E-state index in [0.29, 0.717) is 23.8 Å². The van der Waals surface area contributed by atoms with Crippen LogP contribution in [0.2, 0.25) is 0 Å². The molecule has 2 aromatic rings. The molecule has 0 aliphatic carbocycles. The molecule has 8 nitrogen and oxygen atoms in total. The second-order valence-corrected chi connectivity index (χ2v) is 8.85. The first-order chi connectivity index (χ1) is 16.9. The minimum absolute atomic E-state index is 0.127. The van der Waals surface area contributed by atoms with E-state index < -0.39 is 5.72 Å². The average molecular weight is 472 g/mol. The van der Waals surface area contributed by atoms with Crippen LogP contribution in [0.15, 0.2) is 77.9 Å². The van der Waals surface area contributed by atoms with E-state index in [2.05, 4.69) is 17.8 Å². The maximum Gasteiger partial charge on any atom is 0.318 e. The largest absolute Gasteiger partial charge is 0.495 e. The molecule has 1 atom stereocenters. The molecule has 1 spiro atoms. The van der Waals surface area contributed by atoms with Gasteiger partial charge in [0.15, 0.2) is 5.84 Å². The number of benzene rings is 2. The van der Waals surface area contributed by atoms with E-state index in [9.17, 15) is 4.79 Å². The number of anilines is 2. The van der Waals surface area contributed by atoms with Crippen molar-refractivity contribution in [3.8, 4) is 5.75 Å². The molecule has 0 aromatic heterocycles. The van der Waals surface area contributed by atoms with Crippen LogP contribution in [-0.4, -0.2) is 37.3 Å². The van der Waals surface area contributed by atoms with Gasteiger partial charge in [-0.15, -0.1) is 0 Å². The second kappa shape index (κ2) is 8.54. The Morgan fingerprint density at radius 1 is 1.31 bits per heavy atom. The molecular formula is C27H29N5O3. The number of amides is 1. The number of carbonyl (C=O) groups excluding carboxylic acids is 1. The summed E-state index contributed by atoms with van der Waals surface area (Å²) in [6.45, 7) is 6.38. The zero-order valence-corrected chi connectivity index (χ0v) is 20.2. The van der Waals surface area contributed by atoms with Gasteiger partial charge in [-0.05, 0) is 55.2 Å². The van der Waals surface area contributed by atoms with Gasteiger partial charge < -0.3 is 30.0 Å². The van der Waals surface area contributed by atoms with Crippen LogP contribution in [0.3, 0.4) is 0 Å². The Bertz CT molecular complexity index is 1290. The molecule has 35 heavy (non-hydrogen) atoms. The zero-order chi connectivity index (χ0) is 24.7. The topological polar surface area (TPSA) is 83.6 Å². The highest BCUT2D eigenvalue weighted by molar-refractivity contribution is 6.12. The lowest BCUT2D eigenvalue weighted by molar-refractivity contribution is -0.157. The normalized spacial score (nSPS) is 22.1. The number of ether oxygens (including phenoxy) is 1. The van der Waals surface area contributed by atoms with Crippen LogP contribution >= 0.6 is 0 Å². The van der Waals surface area contributed by atoms with Gasteiger partial charge >= 0.3 is 5.72 Å². The SMILES string of the molecule is C=CN(/C=C(/C)N)c1ccc(/C=C2\CCCN3C2=NOC32C(=O)N(C)c3ccccc32)cc1OC. The summed E-state index contributed by atoms with van der Waals surface area (Å²) in [4.78, 5) is 24.9. The third-order valence-electron chi connectivity index (χ3n) is 6.60. The molecule has 2 aromatic carbocycles. The first kappa shape index (κ1) is 22.6. The molecule has 0 bridgehead atoms. The number of methoxy groups -OCH3 is 1. The summed E-state index contributed by atoms with van der Waals surface area (Å²) in [6, 6.07) is 13.7. The summed E-state index contributed by atoms with van der Waals surface area (Å²) >= 11 is 0. The van der Waals surface area contributed by atoms with E-state index in [-0.39, 0.29) is 5.91 Å². The van der Waals surface area contributed by atoms with Crippen LogP contribution in [0.1, 0.15) is 30.9 Å². The number of nitrogens with zero attached hydrogens (tertiary/aromatic N) is 4. The second-order valence-electron chi connectivity index (χ2n) is 8.85. The van der Waals surface area contributed by atoms with Crippen molar-refractivity contribution in [3.63, 3.8) is 0 Å². The summed E-state index contributed by atoms with van der Waals surface area (Å²) in [5.74, 6) is 1.26. The summed E-state index contributed by atoms with van der Waals surface area (Å²) in [7, 11) is 3.41. The standard InChI is InChI=1S/C27H29N5O3/c1-5-31(17-18(2)28)23-13-12-19(16-24(23)34-4)15-20-9-8-14-32-25(20)29-35-27(32)21-10-6-7-11-22(21)30(3)26(27)33/h5-7,10-13,15-17H,1,8-9,14,28H2,2-4H3/b18-17-,20-15+. The molecule has 180 valence electrons. The Morgan fingerprint density at radius 3 is 2.86 bits per heavy atom. The lowest BCUT2D eigenvalue weighted by Crippen LogP contribution is -2.54. The number of oxime groups is 1. The Kier molecular flexibility index (Phi) is 5.51. The van der Waals surface area contributed by atoms with Gasteiger partial charge in [0.1, 0.15) is 5.75 Å². The van der Waals surface area contributed by atoms with E-state index in [1.54, 1.807) is 31.5 Å². The predicted molar refractivity (Wildman–Crippen MR) is 138 cm³/mol. The molecule has 1 unspecified atom stereocenters. The molecule has 8 heteroatoms. The quantitative estimate of drug-likeness (QED) is 0.706. The van der Waals surface area contributed by atoms with Crippen LogP contribution in [0.5, 0.6) is 5.75 Å². The highest BCUT2D eigenvalue weighted by Crippen LogP contribution is 2.49. The van der Waals surface area contributed by atoms with Crippen LogP contribution in [0.4, 0.5) is 11.4 Å². The summed E-state index contributed by atoms with van der Waals surface area (Å²) in [6.07, 6.45) is 7.27. The maximum absolute atomic E-state index is 13.4. The molecule has 3 aliphatic rings. The molecule has 0 saturated carbocycles. The number of amidine groups is 1. The molecule has 1 fully saturated rings. The average Bonchev–Trinajstić information content (AvgIpc) is 3.36. The molecule has 3 aliphatic heterocycles. The van der Waals surface area contributed by atoms with E-state index in [0.717, 1.165) is 40.9 Å². The molecule has 0 radical (unpaired) electrons. The lowest BCUT2D eigenvalue weighted by atomic mass is 9.95. The van der Waals surface area contributed by atoms with Crippen molar-refractivity contribution in [2.45, 2.75) is 25.5 Å². The first-order valence-corrected chi connectivity index (χ1v) is 11.6. The van der Waals surface area contributed by atoms with Crippen molar-refractivity contribution >= 4 is 29.2 Å². The van der Waals surface area contributed by atoms with Crippen LogP contribution < -0.4 is 20.3 Å². The van der Waals surface area contributed by atoms with Crippen molar-refractivity contribution in [1.29, 1.82) is 0 Å². The van der Waals surface area contributed by atoms with Crippen molar-refractivity contribution in [1.82, 2.24) is 4.90 Å². The molecule has 1 amide bonds. The number of likely N-dealkylation sites (N-methyl/N-ethyl adjacent to an activating group) is 1. The van der Waals surface area contributed by atoms with Gasteiger partial charge in [0.2, 0.25) is 0 Å². The van der Waals surface area contributed by atoms with Gasteiger partial charge in [0.25, 0.3) is 5.91 Å². The Labute approximate surface area is 205 Å². The fourth-order valence-corrected chi connectivity index (χ4v) is 5.02. The van der Waals surface area contributed by atoms with Gasteiger partial charge in [-0.1, -0.05) is 36.0 Å². The number of rotatable bonds is 5. The molecule has 3 heterocycles. The Hall–Kier alpha value is -4.20. The fourth-order valence-electron chi connectivity index (χ4n) is 5.02. The molecule has 5 rings (SSSR count). The van der Waals surface area contributed by atoms with E-state index >= 15 is 0 Å². The van der Waals surface area contributed by atoms with Crippen molar-refractivity contribution < 1.29 is 14.4 Å². The number of hydrogen-bond acceptors (Lipinski definition) is 7. The molecular weight excluding hydrogens is 442 g/mol. The van der Waals surface area contributed by atoms with E-state index in [1.165, 1.54) is 0 Å².